The molecule has 9 heteroatoms. The lowest BCUT2D eigenvalue weighted by atomic mass is 10.1. The predicted octanol–water partition coefficient (Wildman–Crippen LogP) is 4.99. The molecule has 0 spiro atoms. The van der Waals surface area contributed by atoms with E-state index in [2.05, 4.69) is 37.2 Å². The highest BCUT2D eigenvalue weighted by molar-refractivity contribution is 7.20. The van der Waals surface area contributed by atoms with E-state index in [-0.39, 0.29) is 5.91 Å². The van der Waals surface area contributed by atoms with E-state index in [1.807, 2.05) is 50.2 Å². The number of fused-ring (bicyclic) bond motifs is 1. The molecule has 1 aliphatic heterocycles. The summed E-state index contributed by atoms with van der Waals surface area (Å²) in [4.78, 5) is 28.5. The van der Waals surface area contributed by atoms with E-state index < -0.39 is 0 Å². The number of para-hydroxylation sites is 2. The first kappa shape index (κ1) is 23.9. The van der Waals surface area contributed by atoms with E-state index in [1.54, 1.807) is 13.4 Å². The molecule has 0 saturated carbocycles. The fourth-order valence-corrected chi connectivity index (χ4v) is 5.55. The Morgan fingerprint density at radius 1 is 1.03 bits per heavy atom. The molecule has 1 aliphatic rings. The van der Waals surface area contributed by atoms with Gasteiger partial charge in [-0.25, -0.2) is 9.97 Å². The molecule has 0 aliphatic carbocycles. The monoisotopic (exact) mass is 503 g/mol. The van der Waals surface area contributed by atoms with Gasteiger partial charge >= 0.3 is 0 Å². The Kier molecular flexibility index (Phi) is 6.90. The minimum Gasteiger partial charge on any atom is -0.497 e. The van der Waals surface area contributed by atoms with E-state index in [0.717, 1.165) is 53.5 Å². The number of hydrogen-bond acceptors (Lipinski definition) is 8. The van der Waals surface area contributed by atoms with Gasteiger partial charge in [0.2, 0.25) is 0 Å². The lowest BCUT2D eigenvalue weighted by molar-refractivity contribution is 0.102. The average molecular weight is 504 g/mol. The van der Waals surface area contributed by atoms with Crippen LogP contribution in [0.25, 0.3) is 10.2 Å². The van der Waals surface area contributed by atoms with Gasteiger partial charge in [-0.05, 0) is 55.8 Å². The molecule has 1 amide bonds. The first-order valence-corrected chi connectivity index (χ1v) is 12.8. The van der Waals surface area contributed by atoms with Gasteiger partial charge in [0.25, 0.3) is 5.91 Å². The third-order valence-electron chi connectivity index (χ3n) is 6.36. The number of benzene rings is 2. The molecule has 0 atom stereocenters. The van der Waals surface area contributed by atoms with Gasteiger partial charge in [0.15, 0.2) is 0 Å². The van der Waals surface area contributed by atoms with Gasteiger partial charge in [-0.3, -0.25) is 4.79 Å². The number of aromatic nitrogens is 2. The molecule has 0 bridgehead atoms. The SMILES string of the molecule is CCOc1ccccc1NC(=O)c1sc2ncnc(N3CCN(c4ccc(OC)cc4)CC3)c2c1C. The summed E-state index contributed by atoms with van der Waals surface area (Å²) in [6, 6.07) is 15.6. The van der Waals surface area contributed by atoms with Crippen LogP contribution in [0.1, 0.15) is 22.2 Å². The Labute approximate surface area is 214 Å². The minimum atomic E-state index is -0.169. The number of ether oxygens (including phenoxy) is 2. The average Bonchev–Trinajstić information content (AvgIpc) is 3.27. The predicted molar refractivity (Wildman–Crippen MR) is 145 cm³/mol. The third-order valence-corrected chi connectivity index (χ3v) is 7.56. The molecule has 1 N–H and O–H groups in total. The van der Waals surface area contributed by atoms with Gasteiger partial charge in [0.05, 0.1) is 29.7 Å². The lowest BCUT2D eigenvalue weighted by Crippen LogP contribution is -2.46. The van der Waals surface area contributed by atoms with Crippen molar-refractivity contribution in [2.45, 2.75) is 13.8 Å². The zero-order chi connectivity index (χ0) is 25.1. The van der Waals surface area contributed by atoms with Gasteiger partial charge in [0, 0.05) is 31.9 Å². The molecule has 3 heterocycles. The van der Waals surface area contributed by atoms with Crippen molar-refractivity contribution in [2.75, 3.05) is 55.0 Å². The Morgan fingerprint density at radius 3 is 2.47 bits per heavy atom. The van der Waals surface area contributed by atoms with Crippen LogP contribution >= 0.6 is 11.3 Å². The number of nitrogens with one attached hydrogen (secondary N) is 1. The number of aryl methyl sites for hydroxylation is 1. The van der Waals surface area contributed by atoms with Crippen LogP contribution in [0.3, 0.4) is 0 Å². The summed E-state index contributed by atoms with van der Waals surface area (Å²) in [7, 11) is 1.68. The van der Waals surface area contributed by atoms with Crippen LogP contribution in [-0.2, 0) is 0 Å². The lowest BCUT2D eigenvalue weighted by Gasteiger charge is -2.37. The quantitative estimate of drug-likeness (QED) is 0.381. The molecule has 8 nitrogen and oxygen atoms in total. The van der Waals surface area contributed by atoms with Crippen molar-refractivity contribution in [3.63, 3.8) is 0 Å². The molecule has 2 aromatic carbocycles. The van der Waals surface area contributed by atoms with Crippen molar-refractivity contribution in [1.82, 2.24) is 9.97 Å². The summed E-state index contributed by atoms with van der Waals surface area (Å²) < 4.78 is 10.9. The second-order valence-corrected chi connectivity index (χ2v) is 9.49. The van der Waals surface area contributed by atoms with Crippen molar-refractivity contribution in [3.8, 4) is 11.5 Å². The number of carbonyl (C=O) groups is 1. The summed E-state index contributed by atoms with van der Waals surface area (Å²) in [5, 5.41) is 3.96. The maximum Gasteiger partial charge on any atom is 0.266 e. The maximum atomic E-state index is 13.3. The van der Waals surface area contributed by atoms with Crippen LogP contribution in [0.2, 0.25) is 0 Å². The second-order valence-electron chi connectivity index (χ2n) is 8.49. The molecule has 186 valence electrons. The smallest absolute Gasteiger partial charge is 0.266 e. The number of piperazine rings is 1. The zero-order valence-corrected chi connectivity index (χ0v) is 21.5. The molecule has 1 fully saturated rings. The van der Waals surface area contributed by atoms with Crippen LogP contribution < -0.4 is 24.6 Å². The molecular weight excluding hydrogens is 474 g/mol. The Morgan fingerprint density at radius 2 is 1.75 bits per heavy atom. The van der Waals surface area contributed by atoms with Crippen molar-refractivity contribution in [2.24, 2.45) is 0 Å². The van der Waals surface area contributed by atoms with Crippen LogP contribution in [0, 0.1) is 6.92 Å². The van der Waals surface area contributed by atoms with E-state index in [4.69, 9.17) is 9.47 Å². The molecule has 0 radical (unpaired) electrons. The molecule has 0 unspecified atom stereocenters. The van der Waals surface area contributed by atoms with Crippen LogP contribution in [0.4, 0.5) is 17.2 Å². The van der Waals surface area contributed by atoms with Crippen LogP contribution in [-0.4, -0.2) is 55.8 Å². The molecule has 36 heavy (non-hydrogen) atoms. The van der Waals surface area contributed by atoms with Gasteiger partial charge in [-0.1, -0.05) is 12.1 Å². The summed E-state index contributed by atoms with van der Waals surface area (Å²) in [5.74, 6) is 2.23. The molecule has 2 aromatic heterocycles. The number of thiophene rings is 1. The molecular formula is C27H29N5O3S. The largest absolute Gasteiger partial charge is 0.497 e. The van der Waals surface area contributed by atoms with Crippen molar-refractivity contribution in [1.29, 1.82) is 0 Å². The standard InChI is InChI=1S/C27H29N5O3S/c1-4-35-22-8-6-5-7-21(22)30-26(33)24-18(2)23-25(28-17-29-27(23)36-24)32-15-13-31(14-16-32)19-9-11-20(34-3)12-10-19/h5-12,17H,4,13-16H2,1-3H3,(H,30,33). The topological polar surface area (TPSA) is 79.8 Å². The zero-order valence-electron chi connectivity index (χ0n) is 20.7. The fraction of sp³-hybridized carbons (Fsp3) is 0.296. The van der Waals surface area contributed by atoms with Crippen molar-refractivity contribution >= 4 is 44.7 Å². The highest BCUT2D eigenvalue weighted by Gasteiger charge is 2.25. The number of nitrogens with zero attached hydrogens (tertiary/aromatic N) is 4. The minimum absolute atomic E-state index is 0.169. The third kappa shape index (κ3) is 4.66. The van der Waals surface area contributed by atoms with Gasteiger partial charge in [-0.15, -0.1) is 11.3 Å². The maximum absolute atomic E-state index is 13.3. The molecule has 1 saturated heterocycles. The highest BCUT2D eigenvalue weighted by atomic mass is 32.1. The second kappa shape index (κ2) is 10.4. The number of hydrogen-bond donors (Lipinski definition) is 1. The van der Waals surface area contributed by atoms with Crippen molar-refractivity contribution in [3.05, 3.63) is 65.3 Å². The number of amides is 1. The fourth-order valence-electron chi connectivity index (χ4n) is 4.51. The van der Waals surface area contributed by atoms with Gasteiger partial charge in [-0.2, -0.15) is 0 Å². The van der Waals surface area contributed by atoms with Crippen molar-refractivity contribution < 1.29 is 14.3 Å². The van der Waals surface area contributed by atoms with E-state index >= 15 is 0 Å². The van der Waals surface area contributed by atoms with E-state index in [9.17, 15) is 4.79 Å². The number of anilines is 3. The number of methoxy groups -OCH3 is 1. The first-order valence-electron chi connectivity index (χ1n) is 12.0. The molecule has 5 rings (SSSR count). The van der Waals surface area contributed by atoms with E-state index in [0.29, 0.717) is 22.9 Å². The first-order chi connectivity index (χ1) is 17.6. The van der Waals surface area contributed by atoms with E-state index in [1.165, 1.54) is 17.0 Å². The number of carbonyl (C=O) groups excluding carboxylic acids is 1. The highest BCUT2D eigenvalue weighted by Crippen LogP contribution is 2.36. The summed E-state index contributed by atoms with van der Waals surface area (Å²) >= 11 is 1.40. The normalized spacial score (nSPS) is 13.6. The Hall–Kier alpha value is -3.85. The van der Waals surface area contributed by atoms with Gasteiger partial charge in [0.1, 0.15) is 28.5 Å². The molecule has 4 aromatic rings. The van der Waals surface area contributed by atoms with Crippen LogP contribution in [0.5, 0.6) is 11.5 Å². The summed E-state index contributed by atoms with van der Waals surface area (Å²) in [6.45, 7) is 7.84. The Bertz CT molecular complexity index is 1360. The summed E-state index contributed by atoms with van der Waals surface area (Å²) in [6.07, 6.45) is 1.59. The van der Waals surface area contributed by atoms with Gasteiger partial charge < -0.3 is 24.6 Å². The Balaban J connectivity index is 1.36. The summed E-state index contributed by atoms with van der Waals surface area (Å²) in [5.41, 5.74) is 2.73. The number of rotatable bonds is 7. The van der Waals surface area contributed by atoms with Crippen LogP contribution in [0.15, 0.2) is 54.9 Å².